The number of methoxy groups -OCH3 is 2. The number of fused-ring (bicyclic) bond motifs is 3. The van der Waals surface area contributed by atoms with Gasteiger partial charge in [0.1, 0.15) is 11.5 Å². The van der Waals surface area contributed by atoms with Gasteiger partial charge in [0.05, 0.1) is 14.2 Å². The summed E-state index contributed by atoms with van der Waals surface area (Å²) < 4.78 is 11.2. The molecule has 2 aromatic carbocycles. The molecule has 0 heterocycles. The first-order valence-electron chi connectivity index (χ1n) is 9.72. The molecule has 0 bridgehead atoms. The quantitative estimate of drug-likeness (QED) is 0.803. The highest BCUT2D eigenvalue weighted by Gasteiger charge is 2.22. The summed E-state index contributed by atoms with van der Waals surface area (Å²) in [6.07, 6.45) is 6.64. The fraction of sp³-hybridized carbons (Fsp3) is 0.435. The SMILES string of the molecule is COc1ccc2c(c1OC)-c1c(O)cccc1CCCC(=O)CCCCC2. The fourth-order valence-electron chi connectivity index (χ4n) is 3.95. The molecule has 1 aliphatic carbocycles. The van der Waals surface area contributed by atoms with Gasteiger partial charge in [0.25, 0.3) is 0 Å². The van der Waals surface area contributed by atoms with Crippen molar-refractivity contribution >= 4 is 5.78 Å². The number of hydrogen-bond acceptors (Lipinski definition) is 4. The first kappa shape index (κ1) is 19.3. The van der Waals surface area contributed by atoms with Crippen molar-refractivity contribution in [2.45, 2.75) is 51.4 Å². The first-order valence-corrected chi connectivity index (χ1v) is 9.72. The molecule has 4 nitrogen and oxygen atoms in total. The molecule has 0 atom stereocenters. The van der Waals surface area contributed by atoms with Gasteiger partial charge in [0, 0.05) is 24.0 Å². The van der Waals surface area contributed by atoms with Gasteiger partial charge < -0.3 is 14.6 Å². The average molecular weight is 368 g/mol. The summed E-state index contributed by atoms with van der Waals surface area (Å²) in [4.78, 5) is 12.1. The van der Waals surface area contributed by atoms with E-state index in [0.29, 0.717) is 30.1 Å². The molecular formula is C23H28O4. The van der Waals surface area contributed by atoms with E-state index in [1.54, 1.807) is 20.3 Å². The summed E-state index contributed by atoms with van der Waals surface area (Å²) in [7, 11) is 3.26. The minimum Gasteiger partial charge on any atom is -0.507 e. The van der Waals surface area contributed by atoms with Crippen molar-refractivity contribution in [3.8, 4) is 28.4 Å². The summed E-state index contributed by atoms with van der Waals surface area (Å²) in [5, 5.41) is 10.7. The molecule has 2 aromatic rings. The normalized spacial score (nSPS) is 15.6. The van der Waals surface area contributed by atoms with Crippen LogP contribution < -0.4 is 9.47 Å². The number of benzene rings is 2. The summed E-state index contributed by atoms with van der Waals surface area (Å²) in [5.41, 5.74) is 3.89. The van der Waals surface area contributed by atoms with Crippen LogP contribution in [0.5, 0.6) is 17.2 Å². The molecule has 0 aromatic heterocycles. The molecule has 0 saturated heterocycles. The van der Waals surface area contributed by atoms with Crippen LogP contribution in [0.15, 0.2) is 30.3 Å². The van der Waals surface area contributed by atoms with Crippen LogP contribution in [0.3, 0.4) is 0 Å². The highest BCUT2D eigenvalue weighted by molar-refractivity contribution is 5.83. The van der Waals surface area contributed by atoms with Crippen LogP contribution in [0.2, 0.25) is 0 Å². The molecule has 0 unspecified atom stereocenters. The summed E-state index contributed by atoms with van der Waals surface area (Å²) in [6, 6.07) is 9.60. The zero-order chi connectivity index (χ0) is 19.2. The number of aromatic hydroxyl groups is 1. The van der Waals surface area contributed by atoms with E-state index < -0.39 is 0 Å². The van der Waals surface area contributed by atoms with E-state index in [0.717, 1.165) is 60.8 Å². The molecule has 3 rings (SSSR count). The van der Waals surface area contributed by atoms with Gasteiger partial charge in [-0.3, -0.25) is 4.79 Å². The van der Waals surface area contributed by atoms with Gasteiger partial charge in [-0.15, -0.1) is 0 Å². The molecule has 0 spiro atoms. The summed E-state index contributed by atoms with van der Waals surface area (Å²) >= 11 is 0. The Morgan fingerprint density at radius 2 is 1.48 bits per heavy atom. The van der Waals surface area contributed by atoms with Crippen molar-refractivity contribution < 1.29 is 19.4 Å². The number of ether oxygens (including phenoxy) is 2. The summed E-state index contributed by atoms with van der Waals surface area (Å²) in [6.45, 7) is 0. The van der Waals surface area contributed by atoms with Crippen molar-refractivity contribution in [3.63, 3.8) is 0 Å². The van der Waals surface area contributed by atoms with Gasteiger partial charge in [-0.1, -0.05) is 24.6 Å². The third kappa shape index (κ3) is 4.26. The third-order valence-corrected chi connectivity index (χ3v) is 5.31. The topological polar surface area (TPSA) is 55.8 Å². The maximum Gasteiger partial charge on any atom is 0.168 e. The Hall–Kier alpha value is -2.49. The lowest BCUT2D eigenvalue weighted by Crippen LogP contribution is -2.01. The molecule has 4 heteroatoms. The molecule has 1 aliphatic rings. The van der Waals surface area contributed by atoms with Gasteiger partial charge in [0.2, 0.25) is 0 Å². The zero-order valence-electron chi connectivity index (χ0n) is 16.2. The van der Waals surface area contributed by atoms with Gasteiger partial charge in [-0.25, -0.2) is 0 Å². The molecule has 0 aliphatic heterocycles. The van der Waals surface area contributed by atoms with E-state index in [9.17, 15) is 9.90 Å². The van der Waals surface area contributed by atoms with E-state index in [1.165, 1.54) is 0 Å². The molecular weight excluding hydrogens is 340 g/mol. The second kappa shape index (κ2) is 8.94. The number of aryl methyl sites for hydroxylation is 2. The van der Waals surface area contributed by atoms with Crippen LogP contribution in [0, 0.1) is 0 Å². The molecule has 144 valence electrons. The van der Waals surface area contributed by atoms with E-state index in [4.69, 9.17) is 9.47 Å². The lowest BCUT2D eigenvalue weighted by Gasteiger charge is -2.20. The van der Waals surface area contributed by atoms with Gasteiger partial charge >= 0.3 is 0 Å². The standard InChI is InChI=1S/C23H28O4/c1-26-20-15-14-17-8-4-3-5-11-18(24)12-6-9-16-10-7-13-19(25)21(16)22(17)23(20)27-2/h7,10,13-15,25H,3-6,8-9,11-12H2,1-2H3. The molecule has 0 radical (unpaired) electrons. The number of rotatable bonds is 2. The van der Waals surface area contributed by atoms with E-state index in [-0.39, 0.29) is 5.75 Å². The highest BCUT2D eigenvalue weighted by Crippen LogP contribution is 2.46. The molecule has 27 heavy (non-hydrogen) atoms. The van der Waals surface area contributed by atoms with E-state index in [2.05, 4.69) is 6.07 Å². The van der Waals surface area contributed by atoms with Gasteiger partial charge in [-0.2, -0.15) is 0 Å². The van der Waals surface area contributed by atoms with E-state index in [1.807, 2.05) is 18.2 Å². The molecule has 0 saturated carbocycles. The molecule has 0 amide bonds. The zero-order valence-corrected chi connectivity index (χ0v) is 16.2. The second-order valence-electron chi connectivity index (χ2n) is 7.10. The molecule has 0 fully saturated rings. The van der Waals surface area contributed by atoms with Crippen molar-refractivity contribution in [2.75, 3.05) is 14.2 Å². The lowest BCUT2D eigenvalue weighted by atomic mass is 9.89. The average Bonchev–Trinajstić information content (AvgIpc) is 2.68. The Labute approximate surface area is 161 Å². The monoisotopic (exact) mass is 368 g/mol. The third-order valence-electron chi connectivity index (χ3n) is 5.31. The van der Waals surface area contributed by atoms with Crippen LogP contribution >= 0.6 is 0 Å². The molecule has 1 N–H and O–H groups in total. The summed E-state index contributed by atoms with van der Waals surface area (Å²) in [5.74, 6) is 1.89. The predicted octanol–water partition coefficient (Wildman–Crippen LogP) is 5.08. The number of carbonyl (C=O) groups excluding carboxylic acids is 1. The predicted molar refractivity (Wildman–Crippen MR) is 107 cm³/mol. The fourth-order valence-corrected chi connectivity index (χ4v) is 3.95. The van der Waals surface area contributed by atoms with Gasteiger partial charge in [-0.05, 0) is 55.4 Å². The van der Waals surface area contributed by atoms with Crippen molar-refractivity contribution in [3.05, 3.63) is 41.5 Å². The van der Waals surface area contributed by atoms with Crippen LogP contribution in [0.1, 0.15) is 49.7 Å². The number of hydrogen-bond donors (Lipinski definition) is 1. The Balaban J connectivity index is 2.18. The Kier molecular flexibility index (Phi) is 6.38. The highest BCUT2D eigenvalue weighted by atomic mass is 16.5. The Morgan fingerprint density at radius 3 is 2.26 bits per heavy atom. The minimum atomic E-state index is 0.238. The van der Waals surface area contributed by atoms with Crippen molar-refractivity contribution in [2.24, 2.45) is 0 Å². The van der Waals surface area contributed by atoms with Crippen LogP contribution in [0.25, 0.3) is 11.1 Å². The Bertz CT molecular complexity index is 810. The number of ketones is 1. The number of phenols is 1. The Morgan fingerprint density at radius 1 is 0.778 bits per heavy atom. The number of phenolic OH excluding ortho intramolecular Hbond substituents is 1. The number of Topliss-reactive ketones (excluding diaryl/α,β-unsaturated/α-hetero) is 1. The van der Waals surface area contributed by atoms with Gasteiger partial charge in [0.15, 0.2) is 11.5 Å². The second-order valence-corrected chi connectivity index (χ2v) is 7.10. The van der Waals surface area contributed by atoms with Crippen molar-refractivity contribution in [1.29, 1.82) is 0 Å². The van der Waals surface area contributed by atoms with Crippen molar-refractivity contribution in [1.82, 2.24) is 0 Å². The largest absolute Gasteiger partial charge is 0.507 e. The van der Waals surface area contributed by atoms with Crippen LogP contribution in [0.4, 0.5) is 0 Å². The minimum absolute atomic E-state index is 0.238. The maximum absolute atomic E-state index is 12.1. The first-order chi connectivity index (χ1) is 13.2. The lowest BCUT2D eigenvalue weighted by molar-refractivity contribution is -0.119. The number of carbonyl (C=O) groups is 1. The van der Waals surface area contributed by atoms with Crippen LogP contribution in [-0.4, -0.2) is 25.1 Å². The maximum atomic E-state index is 12.1. The van der Waals surface area contributed by atoms with E-state index >= 15 is 0 Å². The smallest absolute Gasteiger partial charge is 0.168 e. The van der Waals surface area contributed by atoms with Crippen LogP contribution in [-0.2, 0) is 17.6 Å².